The first kappa shape index (κ1) is 12.2. The van der Waals surface area contributed by atoms with Crippen LogP contribution >= 0.6 is 0 Å². The molecule has 0 N–H and O–H groups in total. The molecule has 1 aliphatic carbocycles. The van der Waals surface area contributed by atoms with Gasteiger partial charge in [0.05, 0.1) is 0 Å². The Morgan fingerprint density at radius 2 is 1.78 bits per heavy atom. The molecule has 1 aliphatic heterocycles. The fraction of sp³-hybridized carbons (Fsp3) is 0.647. The van der Waals surface area contributed by atoms with Crippen LogP contribution in [0.2, 0.25) is 0 Å². The van der Waals surface area contributed by atoms with Gasteiger partial charge in [0.15, 0.2) is 0 Å². The van der Waals surface area contributed by atoms with Gasteiger partial charge in [0.25, 0.3) is 0 Å². The second kappa shape index (κ2) is 4.70. The third-order valence-electron chi connectivity index (χ3n) is 5.33. The molecule has 0 amide bonds. The lowest BCUT2D eigenvalue weighted by Crippen LogP contribution is -2.41. The third kappa shape index (κ3) is 2.09. The van der Waals surface area contributed by atoms with Crippen LogP contribution in [0, 0.1) is 11.8 Å². The van der Waals surface area contributed by atoms with E-state index in [4.69, 9.17) is 0 Å². The SMILES string of the molecule is C[C@@H]1CC2(CCCN2Cc2ccccc2)C[C@@H]1C. The van der Waals surface area contributed by atoms with E-state index in [0.717, 1.165) is 18.4 Å². The molecule has 1 aromatic carbocycles. The summed E-state index contributed by atoms with van der Waals surface area (Å²) in [5.41, 5.74) is 2.01. The molecule has 98 valence electrons. The lowest BCUT2D eigenvalue weighted by Gasteiger charge is -2.35. The zero-order chi connectivity index (χ0) is 12.6. The smallest absolute Gasteiger partial charge is 0.0239 e. The molecule has 0 aromatic heterocycles. The van der Waals surface area contributed by atoms with Crippen LogP contribution < -0.4 is 0 Å². The third-order valence-corrected chi connectivity index (χ3v) is 5.33. The summed E-state index contributed by atoms with van der Waals surface area (Å²) in [6, 6.07) is 11.0. The average Bonchev–Trinajstić information content (AvgIpc) is 2.86. The number of likely N-dealkylation sites (tertiary alicyclic amines) is 1. The first-order chi connectivity index (χ1) is 8.70. The molecule has 1 unspecified atom stereocenters. The van der Waals surface area contributed by atoms with Gasteiger partial charge in [0.1, 0.15) is 0 Å². The Morgan fingerprint density at radius 1 is 1.11 bits per heavy atom. The van der Waals surface area contributed by atoms with Gasteiger partial charge in [-0.25, -0.2) is 0 Å². The molecule has 1 heteroatoms. The minimum absolute atomic E-state index is 0.536. The van der Waals surface area contributed by atoms with Crippen molar-refractivity contribution in [3.05, 3.63) is 35.9 Å². The quantitative estimate of drug-likeness (QED) is 0.756. The van der Waals surface area contributed by atoms with Gasteiger partial charge in [-0.05, 0) is 49.6 Å². The van der Waals surface area contributed by atoms with Gasteiger partial charge in [-0.15, -0.1) is 0 Å². The van der Waals surface area contributed by atoms with Crippen molar-refractivity contribution in [2.24, 2.45) is 11.8 Å². The van der Waals surface area contributed by atoms with E-state index in [1.807, 2.05) is 0 Å². The predicted octanol–water partition coefficient (Wildman–Crippen LogP) is 4.09. The summed E-state index contributed by atoms with van der Waals surface area (Å²) in [5.74, 6) is 1.81. The van der Waals surface area contributed by atoms with Crippen LogP contribution in [0.25, 0.3) is 0 Å². The molecule has 1 nitrogen and oxygen atoms in total. The topological polar surface area (TPSA) is 3.24 Å². The van der Waals surface area contributed by atoms with Crippen molar-refractivity contribution in [3.63, 3.8) is 0 Å². The number of hydrogen-bond donors (Lipinski definition) is 0. The number of benzene rings is 1. The van der Waals surface area contributed by atoms with E-state index >= 15 is 0 Å². The second-order valence-electron chi connectivity index (χ2n) is 6.60. The summed E-state index contributed by atoms with van der Waals surface area (Å²) in [6.07, 6.45) is 5.66. The van der Waals surface area contributed by atoms with Crippen LogP contribution in [0.3, 0.4) is 0 Å². The molecule has 1 saturated heterocycles. The van der Waals surface area contributed by atoms with Crippen molar-refractivity contribution in [2.45, 2.75) is 51.6 Å². The highest BCUT2D eigenvalue weighted by Crippen LogP contribution is 2.48. The zero-order valence-electron chi connectivity index (χ0n) is 11.7. The molecule has 3 rings (SSSR count). The molecule has 0 radical (unpaired) electrons. The van der Waals surface area contributed by atoms with E-state index in [2.05, 4.69) is 49.1 Å². The Morgan fingerprint density at radius 3 is 2.44 bits per heavy atom. The highest BCUT2D eigenvalue weighted by molar-refractivity contribution is 5.16. The van der Waals surface area contributed by atoms with Gasteiger partial charge in [-0.3, -0.25) is 4.90 Å². The summed E-state index contributed by atoms with van der Waals surface area (Å²) >= 11 is 0. The molecule has 1 aromatic rings. The minimum Gasteiger partial charge on any atom is -0.293 e. The van der Waals surface area contributed by atoms with E-state index in [1.54, 1.807) is 0 Å². The molecule has 0 bridgehead atoms. The summed E-state index contributed by atoms with van der Waals surface area (Å²) in [7, 11) is 0. The molecule has 3 atom stereocenters. The van der Waals surface area contributed by atoms with E-state index in [9.17, 15) is 0 Å². The molecule has 2 fully saturated rings. The highest BCUT2D eigenvalue weighted by Gasteiger charge is 2.47. The van der Waals surface area contributed by atoms with Crippen molar-refractivity contribution < 1.29 is 0 Å². The average molecular weight is 243 g/mol. The maximum Gasteiger partial charge on any atom is 0.0239 e. The van der Waals surface area contributed by atoms with Gasteiger partial charge in [0, 0.05) is 12.1 Å². The monoisotopic (exact) mass is 243 g/mol. The molecule has 1 saturated carbocycles. The molecule has 2 aliphatic rings. The van der Waals surface area contributed by atoms with Crippen molar-refractivity contribution >= 4 is 0 Å². The zero-order valence-corrected chi connectivity index (χ0v) is 11.7. The first-order valence-electron chi connectivity index (χ1n) is 7.49. The summed E-state index contributed by atoms with van der Waals surface area (Å²) in [6.45, 7) is 7.34. The molecular formula is C17H25N. The largest absolute Gasteiger partial charge is 0.293 e. The predicted molar refractivity (Wildman–Crippen MR) is 76.4 cm³/mol. The first-order valence-corrected chi connectivity index (χ1v) is 7.49. The van der Waals surface area contributed by atoms with Crippen LogP contribution in [0.15, 0.2) is 30.3 Å². The normalized spacial score (nSPS) is 36.6. The Labute approximate surface area is 111 Å². The van der Waals surface area contributed by atoms with Crippen molar-refractivity contribution in [1.82, 2.24) is 4.90 Å². The standard InChI is InChI=1S/C17H25N/c1-14-11-17(12-15(14)2)9-6-10-18(17)13-16-7-4-3-5-8-16/h3-5,7-8,14-15H,6,9-13H2,1-2H3/t14-,15+,17?. The van der Waals surface area contributed by atoms with E-state index in [-0.39, 0.29) is 0 Å². The molecule has 1 spiro atoms. The Kier molecular flexibility index (Phi) is 3.19. The van der Waals surface area contributed by atoms with E-state index in [1.165, 1.54) is 37.8 Å². The second-order valence-corrected chi connectivity index (χ2v) is 6.60. The summed E-state index contributed by atoms with van der Waals surface area (Å²) in [5, 5.41) is 0. The van der Waals surface area contributed by atoms with Crippen molar-refractivity contribution in [3.8, 4) is 0 Å². The lowest BCUT2D eigenvalue weighted by atomic mass is 9.92. The van der Waals surface area contributed by atoms with Crippen molar-refractivity contribution in [1.29, 1.82) is 0 Å². The van der Waals surface area contributed by atoms with Crippen LogP contribution in [-0.4, -0.2) is 17.0 Å². The fourth-order valence-corrected chi connectivity index (χ4v) is 4.19. The highest BCUT2D eigenvalue weighted by atomic mass is 15.2. The van der Waals surface area contributed by atoms with Gasteiger partial charge >= 0.3 is 0 Å². The van der Waals surface area contributed by atoms with E-state index in [0.29, 0.717) is 5.54 Å². The minimum atomic E-state index is 0.536. The molecular weight excluding hydrogens is 218 g/mol. The summed E-state index contributed by atoms with van der Waals surface area (Å²) in [4.78, 5) is 2.78. The van der Waals surface area contributed by atoms with Crippen LogP contribution in [0.5, 0.6) is 0 Å². The van der Waals surface area contributed by atoms with Crippen LogP contribution in [0.1, 0.15) is 45.1 Å². The molecule has 1 heterocycles. The van der Waals surface area contributed by atoms with Gasteiger partial charge in [-0.2, -0.15) is 0 Å². The Hall–Kier alpha value is -0.820. The van der Waals surface area contributed by atoms with Gasteiger partial charge in [-0.1, -0.05) is 44.2 Å². The van der Waals surface area contributed by atoms with Crippen molar-refractivity contribution in [2.75, 3.05) is 6.54 Å². The maximum absolute atomic E-state index is 2.78. The van der Waals surface area contributed by atoms with Gasteiger partial charge in [0.2, 0.25) is 0 Å². The number of hydrogen-bond acceptors (Lipinski definition) is 1. The number of rotatable bonds is 2. The van der Waals surface area contributed by atoms with Crippen LogP contribution in [0.4, 0.5) is 0 Å². The Balaban J connectivity index is 1.76. The van der Waals surface area contributed by atoms with Crippen LogP contribution in [-0.2, 0) is 6.54 Å². The van der Waals surface area contributed by atoms with Gasteiger partial charge < -0.3 is 0 Å². The maximum atomic E-state index is 2.78. The Bertz CT molecular complexity index is 387. The summed E-state index contributed by atoms with van der Waals surface area (Å²) < 4.78 is 0. The lowest BCUT2D eigenvalue weighted by molar-refractivity contribution is 0.129. The van der Waals surface area contributed by atoms with E-state index < -0.39 is 0 Å². The fourth-order valence-electron chi connectivity index (χ4n) is 4.19. The number of nitrogens with zero attached hydrogens (tertiary/aromatic N) is 1. The molecule has 18 heavy (non-hydrogen) atoms.